The van der Waals surface area contributed by atoms with Crippen LogP contribution in [0.25, 0.3) is 0 Å². The van der Waals surface area contributed by atoms with Crippen LogP contribution >= 0.6 is 22.9 Å². The van der Waals surface area contributed by atoms with Crippen molar-refractivity contribution in [1.82, 2.24) is 4.98 Å². The minimum Gasteiger partial charge on any atom is -0.371 e. The van der Waals surface area contributed by atoms with Gasteiger partial charge in [0.05, 0.1) is 11.6 Å². The molecule has 0 saturated carbocycles. The number of aromatic nitrogens is 1. The predicted octanol–water partition coefficient (Wildman–Crippen LogP) is 4.79. The second-order valence-corrected chi connectivity index (χ2v) is 6.55. The van der Waals surface area contributed by atoms with Crippen molar-refractivity contribution in [3.63, 3.8) is 0 Å². The molecule has 1 aromatic rings. The minimum atomic E-state index is 0.124. The number of nitrogens with zero attached hydrogens (tertiary/aromatic N) is 1. The van der Waals surface area contributed by atoms with Gasteiger partial charge in [0.15, 0.2) is 0 Å². The Kier molecular flexibility index (Phi) is 5.90. The van der Waals surface area contributed by atoms with Gasteiger partial charge in [-0.2, -0.15) is 0 Å². The van der Waals surface area contributed by atoms with E-state index in [1.54, 1.807) is 11.3 Å². The molecule has 0 radical (unpaired) electrons. The fourth-order valence-electron chi connectivity index (χ4n) is 1.40. The molecule has 0 bridgehead atoms. The maximum absolute atomic E-state index is 5.92. The third-order valence-electron chi connectivity index (χ3n) is 2.52. The summed E-state index contributed by atoms with van der Waals surface area (Å²) in [5, 5.41) is 3.06. The van der Waals surface area contributed by atoms with E-state index in [2.05, 4.69) is 32.7 Å². The summed E-state index contributed by atoms with van der Waals surface area (Å²) >= 11 is 7.40. The Hall–Kier alpha value is -0.120. The fraction of sp³-hybridized carbons (Fsp3) is 0.769. The van der Waals surface area contributed by atoms with Gasteiger partial charge < -0.3 is 4.74 Å². The van der Waals surface area contributed by atoms with E-state index < -0.39 is 0 Å². The van der Waals surface area contributed by atoms with Crippen molar-refractivity contribution < 1.29 is 4.74 Å². The van der Waals surface area contributed by atoms with Gasteiger partial charge in [0.1, 0.15) is 11.1 Å². The molecule has 1 atom stereocenters. The van der Waals surface area contributed by atoms with Crippen LogP contribution in [0, 0.1) is 5.41 Å². The number of rotatable bonds is 6. The van der Waals surface area contributed by atoms with Gasteiger partial charge in [0, 0.05) is 12.0 Å². The lowest BCUT2D eigenvalue weighted by atomic mass is 9.93. The van der Waals surface area contributed by atoms with Crippen molar-refractivity contribution >= 4 is 22.9 Å². The van der Waals surface area contributed by atoms with Crippen LogP contribution in [-0.4, -0.2) is 11.6 Å². The fourth-order valence-corrected chi connectivity index (χ4v) is 2.58. The zero-order chi connectivity index (χ0) is 12.9. The molecule has 0 fully saturated rings. The van der Waals surface area contributed by atoms with Gasteiger partial charge in [-0.15, -0.1) is 22.9 Å². The molecule has 0 spiro atoms. The molecule has 0 aliphatic carbocycles. The zero-order valence-electron chi connectivity index (χ0n) is 11.1. The van der Waals surface area contributed by atoms with Crippen LogP contribution in [0.3, 0.4) is 0 Å². The van der Waals surface area contributed by atoms with Gasteiger partial charge in [-0.05, 0) is 18.3 Å². The molecular formula is C13H22ClNOS. The van der Waals surface area contributed by atoms with Crippen LogP contribution in [-0.2, 0) is 10.6 Å². The summed E-state index contributed by atoms with van der Waals surface area (Å²) in [5.41, 5.74) is 1.27. The first-order chi connectivity index (χ1) is 7.96. The van der Waals surface area contributed by atoms with Crippen LogP contribution in [0.2, 0.25) is 0 Å². The van der Waals surface area contributed by atoms with E-state index in [-0.39, 0.29) is 6.10 Å². The Labute approximate surface area is 113 Å². The van der Waals surface area contributed by atoms with E-state index in [0.717, 1.165) is 30.2 Å². The maximum atomic E-state index is 5.92. The molecular weight excluding hydrogens is 254 g/mol. The Morgan fingerprint density at radius 1 is 1.47 bits per heavy atom. The average molecular weight is 276 g/mol. The SMILES string of the molecule is CCC(OCCC(C)(C)C)c1nc(CCl)cs1. The summed E-state index contributed by atoms with van der Waals surface area (Å²) in [6.45, 7) is 9.60. The smallest absolute Gasteiger partial charge is 0.122 e. The molecule has 0 aliphatic rings. The Morgan fingerprint density at radius 3 is 2.65 bits per heavy atom. The normalized spacial score (nSPS) is 13.9. The van der Waals surface area contributed by atoms with E-state index in [9.17, 15) is 0 Å². The van der Waals surface area contributed by atoms with Crippen molar-refractivity contribution in [2.45, 2.75) is 52.5 Å². The van der Waals surface area contributed by atoms with Crippen LogP contribution in [0.15, 0.2) is 5.38 Å². The molecule has 0 aromatic carbocycles. The number of halogens is 1. The largest absolute Gasteiger partial charge is 0.371 e. The lowest BCUT2D eigenvalue weighted by molar-refractivity contribution is 0.0343. The monoisotopic (exact) mass is 275 g/mol. The minimum absolute atomic E-state index is 0.124. The molecule has 4 heteroatoms. The second kappa shape index (κ2) is 6.72. The van der Waals surface area contributed by atoms with Crippen LogP contribution in [0.4, 0.5) is 0 Å². The number of hydrogen-bond donors (Lipinski definition) is 0. The first kappa shape index (κ1) is 14.9. The van der Waals surface area contributed by atoms with Gasteiger partial charge in [-0.1, -0.05) is 27.7 Å². The molecule has 98 valence electrons. The number of hydrogen-bond acceptors (Lipinski definition) is 3. The highest BCUT2D eigenvalue weighted by Gasteiger charge is 2.16. The lowest BCUT2D eigenvalue weighted by Crippen LogP contribution is -2.12. The van der Waals surface area contributed by atoms with Crippen molar-refractivity contribution in [1.29, 1.82) is 0 Å². The molecule has 1 heterocycles. The maximum Gasteiger partial charge on any atom is 0.122 e. The Morgan fingerprint density at radius 2 is 2.18 bits per heavy atom. The van der Waals surface area contributed by atoms with Crippen LogP contribution < -0.4 is 0 Å². The van der Waals surface area contributed by atoms with Crippen LogP contribution in [0.1, 0.15) is 57.3 Å². The van der Waals surface area contributed by atoms with E-state index in [1.807, 2.05) is 5.38 Å². The Bertz CT molecular complexity index is 332. The highest BCUT2D eigenvalue weighted by atomic mass is 35.5. The van der Waals surface area contributed by atoms with Crippen molar-refractivity contribution in [2.75, 3.05) is 6.61 Å². The second-order valence-electron chi connectivity index (χ2n) is 5.39. The number of thiazole rings is 1. The summed E-state index contributed by atoms with van der Waals surface area (Å²) in [4.78, 5) is 4.48. The van der Waals surface area contributed by atoms with Gasteiger partial charge in [0.2, 0.25) is 0 Å². The average Bonchev–Trinajstić information content (AvgIpc) is 2.71. The zero-order valence-corrected chi connectivity index (χ0v) is 12.7. The summed E-state index contributed by atoms with van der Waals surface area (Å²) in [7, 11) is 0. The van der Waals surface area contributed by atoms with E-state index in [1.165, 1.54) is 0 Å². The van der Waals surface area contributed by atoms with Gasteiger partial charge in [-0.25, -0.2) is 4.98 Å². The molecule has 2 nitrogen and oxygen atoms in total. The molecule has 1 aromatic heterocycles. The molecule has 0 amide bonds. The number of ether oxygens (including phenoxy) is 1. The van der Waals surface area contributed by atoms with Crippen molar-refractivity contribution in [2.24, 2.45) is 5.41 Å². The predicted molar refractivity (Wildman–Crippen MR) is 74.7 cm³/mol. The van der Waals surface area contributed by atoms with Gasteiger partial charge in [-0.3, -0.25) is 0 Å². The summed E-state index contributed by atoms with van der Waals surface area (Å²) in [6.07, 6.45) is 2.15. The third kappa shape index (κ3) is 5.36. The van der Waals surface area contributed by atoms with E-state index >= 15 is 0 Å². The first-order valence-electron chi connectivity index (χ1n) is 6.08. The lowest BCUT2D eigenvalue weighted by Gasteiger charge is -2.20. The standard InChI is InChI=1S/C13H22ClNOS/c1-5-11(16-7-6-13(2,3)4)12-15-10(8-14)9-17-12/h9,11H,5-8H2,1-4H3. The molecule has 0 N–H and O–H groups in total. The summed E-state index contributed by atoms with van der Waals surface area (Å²) in [5.74, 6) is 0.481. The van der Waals surface area contributed by atoms with Gasteiger partial charge >= 0.3 is 0 Å². The molecule has 17 heavy (non-hydrogen) atoms. The summed E-state index contributed by atoms with van der Waals surface area (Å²) < 4.78 is 5.92. The van der Waals surface area contributed by atoms with E-state index in [0.29, 0.717) is 11.3 Å². The molecule has 0 aliphatic heterocycles. The number of alkyl halides is 1. The molecule has 1 unspecified atom stereocenters. The van der Waals surface area contributed by atoms with Crippen LogP contribution in [0.5, 0.6) is 0 Å². The van der Waals surface area contributed by atoms with E-state index in [4.69, 9.17) is 16.3 Å². The molecule has 0 saturated heterocycles. The Balaban J connectivity index is 2.48. The highest BCUT2D eigenvalue weighted by Crippen LogP contribution is 2.27. The van der Waals surface area contributed by atoms with Crippen molar-refractivity contribution in [3.8, 4) is 0 Å². The van der Waals surface area contributed by atoms with Crippen molar-refractivity contribution in [3.05, 3.63) is 16.1 Å². The molecule has 1 rings (SSSR count). The topological polar surface area (TPSA) is 22.1 Å². The first-order valence-corrected chi connectivity index (χ1v) is 7.49. The summed E-state index contributed by atoms with van der Waals surface area (Å²) in [6, 6.07) is 0. The highest BCUT2D eigenvalue weighted by molar-refractivity contribution is 7.09. The van der Waals surface area contributed by atoms with Gasteiger partial charge in [0.25, 0.3) is 0 Å². The quantitative estimate of drug-likeness (QED) is 0.697. The third-order valence-corrected chi connectivity index (χ3v) is 3.78.